The number of rotatable bonds is 8. The van der Waals surface area contributed by atoms with E-state index in [-0.39, 0.29) is 30.7 Å². The Morgan fingerprint density at radius 1 is 1.06 bits per heavy atom. The molecule has 2 atom stereocenters. The van der Waals surface area contributed by atoms with E-state index in [1.54, 1.807) is 14.0 Å². The van der Waals surface area contributed by atoms with Crippen LogP contribution in [0.25, 0.3) is 0 Å². The minimum Gasteiger partial charge on any atom is -0.461 e. The number of hydroxylamine groups is 2. The molecular weight excluding hydrogens is 450 g/mol. The van der Waals surface area contributed by atoms with E-state index in [9.17, 15) is 9.59 Å². The van der Waals surface area contributed by atoms with Gasteiger partial charge in [-0.2, -0.15) is 5.06 Å². The average Bonchev–Trinajstić information content (AvgIpc) is 3.10. The lowest BCUT2D eigenvalue weighted by atomic mass is 10.1. The Bertz CT molecular complexity index is 938. The van der Waals surface area contributed by atoms with Gasteiger partial charge in [-0.05, 0) is 22.3 Å². The van der Waals surface area contributed by atoms with Crippen LogP contribution in [0.3, 0.4) is 0 Å². The van der Waals surface area contributed by atoms with E-state index in [0.717, 1.165) is 10.4 Å². The molecule has 1 aliphatic rings. The van der Waals surface area contributed by atoms with Gasteiger partial charge in [-0.1, -0.05) is 81.4 Å². The molecule has 1 heterocycles. The molecule has 2 aromatic rings. The number of carbonyl (C=O) groups is 2. The molecule has 1 fully saturated rings. The SMILES string of the molecule is CCOC(=O)[C@@]1(OC(C)=O)C[C@H](CO[Si](c2ccccc2)(c2ccccc2)C(C)(C)C)N(C)O1. The first-order valence-corrected chi connectivity index (χ1v) is 13.5. The predicted molar refractivity (Wildman–Crippen MR) is 132 cm³/mol. The number of benzene rings is 2. The third-order valence-corrected chi connectivity index (χ3v) is 11.1. The van der Waals surface area contributed by atoms with Gasteiger partial charge in [-0.25, -0.2) is 9.63 Å². The van der Waals surface area contributed by atoms with Crippen molar-refractivity contribution in [2.75, 3.05) is 20.3 Å². The Morgan fingerprint density at radius 2 is 1.59 bits per heavy atom. The zero-order chi connectivity index (χ0) is 25.0. The van der Waals surface area contributed by atoms with Crippen molar-refractivity contribution in [3.8, 4) is 0 Å². The van der Waals surface area contributed by atoms with Gasteiger partial charge in [0.2, 0.25) is 0 Å². The maximum atomic E-state index is 12.7. The van der Waals surface area contributed by atoms with Gasteiger partial charge in [-0.3, -0.25) is 4.79 Å². The van der Waals surface area contributed by atoms with Crippen molar-refractivity contribution in [2.45, 2.75) is 57.9 Å². The predicted octanol–water partition coefficient (Wildman–Crippen LogP) is 3.02. The molecule has 0 aromatic heterocycles. The van der Waals surface area contributed by atoms with E-state index in [1.165, 1.54) is 12.0 Å². The lowest BCUT2D eigenvalue weighted by Gasteiger charge is -2.43. The van der Waals surface area contributed by atoms with Crippen LogP contribution in [0.1, 0.15) is 41.0 Å². The highest BCUT2D eigenvalue weighted by Gasteiger charge is 2.56. The van der Waals surface area contributed by atoms with Crippen LogP contribution in [-0.2, 0) is 28.3 Å². The number of hydrogen-bond acceptors (Lipinski definition) is 7. The maximum Gasteiger partial charge on any atom is 0.381 e. The molecular formula is C26H35NO6Si. The number of carbonyl (C=O) groups excluding carboxylic acids is 2. The Kier molecular flexibility index (Phi) is 7.97. The summed E-state index contributed by atoms with van der Waals surface area (Å²) in [5, 5.41) is 3.67. The summed E-state index contributed by atoms with van der Waals surface area (Å²) in [7, 11) is -1.06. The molecule has 0 radical (unpaired) electrons. The Morgan fingerprint density at radius 3 is 2.03 bits per heavy atom. The molecule has 0 bridgehead atoms. The van der Waals surface area contributed by atoms with Crippen LogP contribution < -0.4 is 10.4 Å². The first kappa shape index (κ1) is 26.1. The molecule has 2 aromatic carbocycles. The second-order valence-corrected chi connectivity index (χ2v) is 13.8. The molecule has 0 saturated carbocycles. The van der Waals surface area contributed by atoms with Crippen molar-refractivity contribution < 1.29 is 28.3 Å². The smallest absolute Gasteiger partial charge is 0.381 e. The third-order valence-electron chi connectivity index (χ3n) is 6.11. The zero-order valence-corrected chi connectivity index (χ0v) is 21.9. The molecule has 0 unspecified atom stereocenters. The summed E-state index contributed by atoms with van der Waals surface area (Å²) in [5.41, 5.74) is 0. The number of likely N-dealkylation sites (N-methyl/N-ethyl adjacent to an activating group) is 1. The summed E-state index contributed by atoms with van der Waals surface area (Å²) in [6.45, 7) is 9.99. The zero-order valence-electron chi connectivity index (χ0n) is 20.9. The summed E-state index contributed by atoms with van der Waals surface area (Å²) < 4.78 is 17.5. The van der Waals surface area contributed by atoms with Crippen molar-refractivity contribution in [1.82, 2.24) is 5.06 Å². The summed E-state index contributed by atoms with van der Waals surface area (Å²) in [5.74, 6) is -3.14. The van der Waals surface area contributed by atoms with E-state index < -0.39 is 26.0 Å². The molecule has 1 aliphatic heterocycles. The van der Waals surface area contributed by atoms with Crippen molar-refractivity contribution in [3.05, 3.63) is 60.7 Å². The van der Waals surface area contributed by atoms with E-state index in [0.29, 0.717) is 0 Å². The van der Waals surface area contributed by atoms with Crippen LogP contribution >= 0.6 is 0 Å². The normalized spacial score (nSPS) is 21.3. The number of ether oxygens (including phenoxy) is 2. The molecule has 0 N–H and O–H groups in total. The topological polar surface area (TPSA) is 74.3 Å². The van der Waals surface area contributed by atoms with Gasteiger partial charge in [0.25, 0.3) is 8.32 Å². The molecule has 0 spiro atoms. The monoisotopic (exact) mass is 485 g/mol. The Hall–Kier alpha value is -2.52. The quantitative estimate of drug-likeness (QED) is 0.420. The van der Waals surface area contributed by atoms with E-state index >= 15 is 0 Å². The van der Waals surface area contributed by atoms with Gasteiger partial charge in [0.1, 0.15) is 0 Å². The molecule has 8 heteroatoms. The highest BCUT2D eigenvalue weighted by atomic mass is 28.4. The van der Waals surface area contributed by atoms with E-state index in [1.807, 2.05) is 36.4 Å². The molecule has 0 amide bonds. The first-order chi connectivity index (χ1) is 16.1. The standard InChI is InChI=1S/C26H35NO6Si/c1-7-30-24(29)26(32-20(2)28)18-21(27(6)33-26)19-31-34(25(3,4)5,22-14-10-8-11-15-22)23-16-12-9-13-17-23/h8-17,21H,7,18-19H2,1-6H3/t21-,26-/m1/s1. The second-order valence-electron chi connectivity index (χ2n) is 9.54. The van der Waals surface area contributed by atoms with Gasteiger partial charge in [0.05, 0.1) is 19.3 Å². The van der Waals surface area contributed by atoms with Crippen LogP contribution in [-0.4, -0.2) is 57.4 Å². The third kappa shape index (κ3) is 5.10. The van der Waals surface area contributed by atoms with Gasteiger partial charge in [0.15, 0.2) is 0 Å². The minimum atomic E-state index is -2.77. The van der Waals surface area contributed by atoms with Crippen molar-refractivity contribution in [1.29, 1.82) is 0 Å². The molecule has 184 valence electrons. The maximum absolute atomic E-state index is 12.7. The number of esters is 2. The fraction of sp³-hybridized carbons (Fsp3) is 0.462. The highest BCUT2D eigenvalue weighted by molar-refractivity contribution is 6.99. The van der Waals surface area contributed by atoms with Crippen molar-refractivity contribution in [2.24, 2.45) is 0 Å². The summed E-state index contributed by atoms with van der Waals surface area (Å²) in [6.07, 6.45) is 0.111. The summed E-state index contributed by atoms with van der Waals surface area (Å²) in [6, 6.07) is 20.3. The van der Waals surface area contributed by atoms with Crippen LogP contribution in [0.15, 0.2) is 60.7 Å². The molecule has 1 saturated heterocycles. The van der Waals surface area contributed by atoms with Crippen LogP contribution in [0.4, 0.5) is 0 Å². The van der Waals surface area contributed by atoms with Gasteiger partial charge < -0.3 is 13.9 Å². The highest BCUT2D eigenvalue weighted by Crippen LogP contribution is 2.39. The van der Waals surface area contributed by atoms with Gasteiger partial charge in [0, 0.05) is 20.4 Å². The lowest BCUT2D eigenvalue weighted by Crippen LogP contribution is -2.67. The largest absolute Gasteiger partial charge is 0.461 e. The molecule has 0 aliphatic carbocycles. The Labute approximate surface area is 203 Å². The fourth-order valence-corrected chi connectivity index (χ4v) is 9.22. The second kappa shape index (κ2) is 10.4. The number of hydrogen-bond donors (Lipinski definition) is 0. The average molecular weight is 486 g/mol. The number of nitrogens with zero attached hydrogens (tertiary/aromatic N) is 1. The molecule has 7 nitrogen and oxygen atoms in total. The Balaban J connectivity index is 1.97. The summed E-state index contributed by atoms with van der Waals surface area (Å²) in [4.78, 5) is 30.3. The fourth-order valence-electron chi connectivity index (χ4n) is 4.63. The minimum absolute atomic E-state index is 0.111. The van der Waals surface area contributed by atoms with Crippen LogP contribution in [0.2, 0.25) is 5.04 Å². The van der Waals surface area contributed by atoms with Gasteiger partial charge >= 0.3 is 17.7 Å². The molecule has 3 rings (SSSR count). The molecule has 34 heavy (non-hydrogen) atoms. The first-order valence-electron chi connectivity index (χ1n) is 11.6. The van der Waals surface area contributed by atoms with Crippen LogP contribution in [0.5, 0.6) is 0 Å². The van der Waals surface area contributed by atoms with E-state index in [2.05, 4.69) is 45.0 Å². The van der Waals surface area contributed by atoms with Crippen LogP contribution in [0, 0.1) is 0 Å². The van der Waals surface area contributed by atoms with Gasteiger partial charge in [-0.15, -0.1) is 0 Å². The summed E-state index contributed by atoms with van der Waals surface area (Å²) >= 11 is 0. The van der Waals surface area contributed by atoms with Crippen molar-refractivity contribution >= 4 is 30.6 Å². The van der Waals surface area contributed by atoms with E-state index in [4.69, 9.17) is 18.7 Å². The lowest BCUT2D eigenvalue weighted by molar-refractivity contribution is -0.284. The van der Waals surface area contributed by atoms with Crippen molar-refractivity contribution in [3.63, 3.8) is 0 Å².